The molecule has 1 aromatic carbocycles. The van der Waals surface area contributed by atoms with Crippen molar-refractivity contribution in [3.05, 3.63) is 29.6 Å². The first-order valence-corrected chi connectivity index (χ1v) is 6.73. The smallest absolute Gasteiger partial charge is 0.131 e. The van der Waals surface area contributed by atoms with Crippen molar-refractivity contribution in [2.45, 2.75) is 30.2 Å². The van der Waals surface area contributed by atoms with Gasteiger partial charge >= 0.3 is 0 Å². The summed E-state index contributed by atoms with van der Waals surface area (Å²) in [5, 5.41) is 0. The number of rotatable bonds is 3. The van der Waals surface area contributed by atoms with Gasteiger partial charge in [-0.15, -0.1) is 0 Å². The predicted molar refractivity (Wildman–Crippen MR) is 68.2 cm³/mol. The average molecular weight is 303 g/mol. The average Bonchev–Trinajstić information content (AvgIpc) is 2.39. The summed E-state index contributed by atoms with van der Waals surface area (Å²) in [6.45, 7) is 0.768. The second kappa shape index (κ2) is 5.83. The lowest BCUT2D eigenvalue weighted by molar-refractivity contribution is 0.0156. The molecular formula is C13H16BrFO2. The van der Waals surface area contributed by atoms with Crippen molar-refractivity contribution in [3.63, 3.8) is 0 Å². The summed E-state index contributed by atoms with van der Waals surface area (Å²) < 4.78 is 24.5. The van der Waals surface area contributed by atoms with Crippen molar-refractivity contribution in [1.29, 1.82) is 0 Å². The Labute approximate surface area is 109 Å². The van der Waals surface area contributed by atoms with E-state index in [-0.39, 0.29) is 16.7 Å². The fourth-order valence-corrected chi connectivity index (χ4v) is 2.84. The highest BCUT2D eigenvalue weighted by Crippen LogP contribution is 2.35. The Morgan fingerprint density at radius 3 is 2.88 bits per heavy atom. The number of hydrogen-bond donors (Lipinski definition) is 0. The monoisotopic (exact) mass is 302 g/mol. The molecule has 0 bridgehead atoms. The molecule has 0 radical (unpaired) electrons. The molecule has 17 heavy (non-hydrogen) atoms. The van der Waals surface area contributed by atoms with Gasteiger partial charge in [-0.25, -0.2) is 4.39 Å². The molecule has 1 aliphatic rings. The Kier molecular flexibility index (Phi) is 4.40. The summed E-state index contributed by atoms with van der Waals surface area (Å²) in [6, 6.07) is 4.94. The minimum atomic E-state index is -0.250. The number of ether oxygens (including phenoxy) is 2. The Morgan fingerprint density at radius 2 is 2.29 bits per heavy atom. The first-order valence-electron chi connectivity index (χ1n) is 5.81. The van der Waals surface area contributed by atoms with Gasteiger partial charge in [0.05, 0.1) is 18.0 Å². The third kappa shape index (κ3) is 2.99. The molecule has 0 spiro atoms. The molecule has 1 fully saturated rings. The van der Waals surface area contributed by atoms with Gasteiger partial charge in [0.2, 0.25) is 0 Å². The van der Waals surface area contributed by atoms with Crippen molar-refractivity contribution in [2.24, 2.45) is 0 Å². The summed E-state index contributed by atoms with van der Waals surface area (Å²) in [4.78, 5) is -0.0892. The van der Waals surface area contributed by atoms with Crippen LogP contribution in [0.4, 0.5) is 4.39 Å². The molecule has 2 nitrogen and oxygen atoms in total. The number of halogens is 2. The molecule has 1 heterocycles. The van der Waals surface area contributed by atoms with Gasteiger partial charge in [-0.3, -0.25) is 0 Å². The maximum atomic E-state index is 13.9. The molecule has 94 valence electrons. The van der Waals surface area contributed by atoms with E-state index in [4.69, 9.17) is 9.47 Å². The Hall–Kier alpha value is -0.610. The van der Waals surface area contributed by atoms with Crippen LogP contribution >= 0.6 is 15.9 Å². The van der Waals surface area contributed by atoms with Crippen LogP contribution in [0.5, 0.6) is 5.75 Å². The van der Waals surface area contributed by atoms with Crippen molar-refractivity contribution in [3.8, 4) is 5.75 Å². The van der Waals surface area contributed by atoms with Crippen LogP contribution in [0, 0.1) is 5.82 Å². The summed E-state index contributed by atoms with van der Waals surface area (Å²) in [5.41, 5.74) is 0.637. The quantitative estimate of drug-likeness (QED) is 0.790. The van der Waals surface area contributed by atoms with E-state index in [1.807, 2.05) is 0 Å². The molecule has 1 aliphatic heterocycles. The Bertz CT molecular complexity index is 378. The zero-order chi connectivity index (χ0) is 12.3. The van der Waals surface area contributed by atoms with Crippen molar-refractivity contribution in [1.82, 2.24) is 0 Å². The van der Waals surface area contributed by atoms with E-state index in [0.29, 0.717) is 11.3 Å². The maximum Gasteiger partial charge on any atom is 0.131 e. The highest BCUT2D eigenvalue weighted by atomic mass is 79.9. The van der Waals surface area contributed by atoms with Gasteiger partial charge in [0.25, 0.3) is 0 Å². The van der Waals surface area contributed by atoms with Crippen LogP contribution in [-0.2, 0) is 4.74 Å². The van der Waals surface area contributed by atoms with Gasteiger partial charge in [0, 0.05) is 18.2 Å². The highest BCUT2D eigenvalue weighted by Gasteiger charge is 2.25. The molecule has 0 saturated carbocycles. The van der Waals surface area contributed by atoms with E-state index in [1.54, 1.807) is 12.1 Å². The molecule has 1 aromatic rings. The van der Waals surface area contributed by atoms with Crippen LogP contribution < -0.4 is 4.74 Å². The van der Waals surface area contributed by atoms with Crippen LogP contribution in [0.15, 0.2) is 18.2 Å². The molecule has 2 rings (SSSR count). The fourth-order valence-electron chi connectivity index (χ4n) is 2.06. The van der Waals surface area contributed by atoms with Crippen LogP contribution in [0.3, 0.4) is 0 Å². The van der Waals surface area contributed by atoms with E-state index >= 15 is 0 Å². The van der Waals surface area contributed by atoms with Gasteiger partial charge in [0.1, 0.15) is 11.6 Å². The molecule has 1 saturated heterocycles. The predicted octanol–water partition coefficient (Wildman–Crippen LogP) is 3.84. The van der Waals surface area contributed by atoms with Crippen molar-refractivity contribution >= 4 is 15.9 Å². The second-order valence-electron chi connectivity index (χ2n) is 4.19. The fraction of sp³-hybridized carbons (Fsp3) is 0.538. The van der Waals surface area contributed by atoms with Crippen molar-refractivity contribution < 1.29 is 13.9 Å². The molecular weight excluding hydrogens is 287 g/mol. The SMILES string of the molecule is COc1ccc(C(Br)C2CCCCO2)c(F)c1. The minimum Gasteiger partial charge on any atom is -0.497 e. The lowest BCUT2D eigenvalue weighted by Gasteiger charge is -2.27. The Balaban J connectivity index is 2.15. The minimum absolute atomic E-state index is 0.0617. The normalized spacial score (nSPS) is 22.2. The number of hydrogen-bond acceptors (Lipinski definition) is 2. The van der Waals surface area contributed by atoms with Gasteiger partial charge in [-0.1, -0.05) is 22.0 Å². The third-order valence-corrected chi connectivity index (χ3v) is 4.13. The Morgan fingerprint density at radius 1 is 1.47 bits per heavy atom. The summed E-state index contributed by atoms with van der Waals surface area (Å²) in [5.74, 6) is 0.288. The summed E-state index contributed by atoms with van der Waals surface area (Å²) in [7, 11) is 1.53. The standard InChI is InChI=1S/C13H16BrFO2/c1-16-9-5-6-10(11(15)8-9)13(14)12-4-2-3-7-17-12/h5-6,8,12-13H,2-4,7H2,1H3. The van der Waals surface area contributed by atoms with Gasteiger partial charge in [-0.2, -0.15) is 0 Å². The van der Waals surface area contributed by atoms with Gasteiger partial charge in [-0.05, 0) is 25.3 Å². The molecule has 2 atom stereocenters. The summed E-state index contributed by atoms with van der Waals surface area (Å²) >= 11 is 3.54. The molecule has 0 N–H and O–H groups in total. The topological polar surface area (TPSA) is 18.5 Å². The molecule has 2 unspecified atom stereocenters. The van der Waals surface area contributed by atoms with E-state index in [9.17, 15) is 4.39 Å². The maximum absolute atomic E-state index is 13.9. The lowest BCUT2D eigenvalue weighted by atomic mass is 10.0. The number of alkyl halides is 1. The molecule has 0 amide bonds. The van der Waals surface area contributed by atoms with Crippen LogP contribution in [0.25, 0.3) is 0 Å². The van der Waals surface area contributed by atoms with E-state index in [2.05, 4.69) is 15.9 Å². The van der Waals surface area contributed by atoms with Gasteiger partial charge < -0.3 is 9.47 Å². The molecule has 0 aliphatic carbocycles. The molecule has 4 heteroatoms. The largest absolute Gasteiger partial charge is 0.497 e. The zero-order valence-electron chi connectivity index (χ0n) is 9.79. The van der Waals surface area contributed by atoms with E-state index < -0.39 is 0 Å². The number of methoxy groups -OCH3 is 1. The van der Waals surface area contributed by atoms with E-state index in [1.165, 1.54) is 13.2 Å². The second-order valence-corrected chi connectivity index (χ2v) is 5.18. The van der Waals surface area contributed by atoms with Gasteiger partial charge in [0.15, 0.2) is 0 Å². The highest BCUT2D eigenvalue weighted by molar-refractivity contribution is 9.09. The first-order chi connectivity index (χ1) is 8.22. The molecule has 0 aromatic heterocycles. The summed E-state index contributed by atoms with van der Waals surface area (Å²) in [6.07, 6.45) is 3.28. The van der Waals surface area contributed by atoms with E-state index in [0.717, 1.165) is 25.9 Å². The van der Waals surface area contributed by atoms with Crippen LogP contribution in [0.1, 0.15) is 29.7 Å². The van der Waals surface area contributed by atoms with Crippen molar-refractivity contribution in [2.75, 3.05) is 13.7 Å². The lowest BCUT2D eigenvalue weighted by Crippen LogP contribution is -2.23. The van der Waals surface area contributed by atoms with Crippen LogP contribution in [-0.4, -0.2) is 19.8 Å². The van der Waals surface area contributed by atoms with Crippen LogP contribution in [0.2, 0.25) is 0 Å². The zero-order valence-corrected chi connectivity index (χ0v) is 11.4. The first kappa shape index (κ1) is 12.8. The third-order valence-electron chi connectivity index (χ3n) is 3.05. The number of benzene rings is 1.